The first kappa shape index (κ1) is 8.47. The van der Waals surface area contributed by atoms with Crippen molar-refractivity contribution >= 4 is 11.8 Å². The number of benzene rings is 1. The highest BCUT2D eigenvalue weighted by atomic mass is 32.2. The molecule has 0 radical (unpaired) electrons. The average molecular weight is 168 g/mol. The first-order chi connectivity index (χ1) is 5.34. The van der Waals surface area contributed by atoms with Crippen LogP contribution in [0.15, 0.2) is 24.3 Å². The molecule has 0 fully saturated rings. The zero-order chi connectivity index (χ0) is 8.10. The van der Waals surface area contributed by atoms with E-state index in [1.807, 2.05) is 30.0 Å². The number of phenolic OH excluding ortho intramolecular Hbond substituents is 1. The molecule has 0 aliphatic heterocycles. The van der Waals surface area contributed by atoms with Gasteiger partial charge in [0.05, 0.1) is 0 Å². The van der Waals surface area contributed by atoms with Crippen molar-refractivity contribution in [2.75, 3.05) is 5.75 Å². The number of para-hydroxylation sites is 1. The number of hydrogen-bond donors (Lipinski definition) is 1. The summed E-state index contributed by atoms with van der Waals surface area (Å²) in [6.45, 7) is 2.12. The highest BCUT2D eigenvalue weighted by Crippen LogP contribution is 2.20. The van der Waals surface area contributed by atoms with E-state index < -0.39 is 0 Å². The van der Waals surface area contributed by atoms with E-state index in [9.17, 15) is 5.11 Å². The lowest BCUT2D eigenvalue weighted by molar-refractivity contribution is 0.470. The van der Waals surface area contributed by atoms with Gasteiger partial charge in [-0.05, 0) is 11.8 Å². The molecular formula is C9H12OS. The van der Waals surface area contributed by atoms with E-state index in [0.717, 1.165) is 17.1 Å². The second-order valence-electron chi connectivity index (χ2n) is 2.27. The van der Waals surface area contributed by atoms with Crippen LogP contribution < -0.4 is 0 Å². The van der Waals surface area contributed by atoms with Crippen LogP contribution in [0.2, 0.25) is 0 Å². The number of aromatic hydroxyl groups is 1. The maximum Gasteiger partial charge on any atom is 0.119 e. The van der Waals surface area contributed by atoms with Crippen LogP contribution in [-0.4, -0.2) is 10.9 Å². The maximum absolute atomic E-state index is 9.32. The Morgan fingerprint density at radius 3 is 2.73 bits per heavy atom. The van der Waals surface area contributed by atoms with Crippen LogP contribution in [0, 0.1) is 0 Å². The molecule has 1 nitrogen and oxygen atoms in total. The van der Waals surface area contributed by atoms with Gasteiger partial charge in [0.2, 0.25) is 0 Å². The molecule has 1 rings (SSSR count). The number of hydrogen-bond acceptors (Lipinski definition) is 2. The average Bonchev–Trinajstić information content (AvgIpc) is 2.03. The van der Waals surface area contributed by atoms with Crippen molar-refractivity contribution in [3.05, 3.63) is 29.8 Å². The van der Waals surface area contributed by atoms with E-state index in [0.29, 0.717) is 5.75 Å². The topological polar surface area (TPSA) is 20.2 Å². The first-order valence-corrected chi connectivity index (χ1v) is 4.84. The molecule has 1 aromatic rings. The zero-order valence-corrected chi connectivity index (χ0v) is 7.40. The third kappa shape index (κ3) is 2.46. The van der Waals surface area contributed by atoms with Gasteiger partial charge in [-0.2, -0.15) is 11.8 Å². The molecule has 2 heteroatoms. The SMILES string of the molecule is CCSCc1ccccc1O. The van der Waals surface area contributed by atoms with Crippen molar-refractivity contribution in [3.63, 3.8) is 0 Å². The molecule has 0 aliphatic rings. The third-order valence-corrected chi connectivity index (χ3v) is 2.38. The van der Waals surface area contributed by atoms with Crippen molar-refractivity contribution in [1.82, 2.24) is 0 Å². The molecule has 0 heterocycles. The molecule has 0 spiro atoms. The Hall–Kier alpha value is -0.630. The van der Waals surface area contributed by atoms with Gasteiger partial charge in [-0.25, -0.2) is 0 Å². The molecular weight excluding hydrogens is 156 g/mol. The minimum Gasteiger partial charge on any atom is -0.508 e. The van der Waals surface area contributed by atoms with Crippen LogP contribution in [0.4, 0.5) is 0 Å². The lowest BCUT2D eigenvalue weighted by Gasteiger charge is -2.01. The Morgan fingerprint density at radius 2 is 2.09 bits per heavy atom. The lowest BCUT2D eigenvalue weighted by Crippen LogP contribution is -1.80. The monoisotopic (exact) mass is 168 g/mol. The zero-order valence-electron chi connectivity index (χ0n) is 6.58. The van der Waals surface area contributed by atoms with Crippen LogP contribution in [0.1, 0.15) is 12.5 Å². The molecule has 0 saturated carbocycles. The number of thioether (sulfide) groups is 1. The summed E-state index contributed by atoms with van der Waals surface area (Å²) in [5.74, 6) is 2.41. The smallest absolute Gasteiger partial charge is 0.119 e. The largest absolute Gasteiger partial charge is 0.508 e. The quantitative estimate of drug-likeness (QED) is 0.748. The summed E-state index contributed by atoms with van der Waals surface area (Å²) < 4.78 is 0. The van der Waals surface area contributed by atoms with Crippen LogP contribution in [0.3, 0.4) is 0 Å². The summed E-state index contributed by atoms with van der Waals surface area (Å²) in [6, 6.07) is 7.48. The van der Waals surface area contributed by atoms with Gasteiger partial charge in [0.15, 0.2) is 0 Å². The number of phenols is 1. The maximum atomic E-state index is 9.32. The fourth-order valence-corrected chi connectivity index (χ4v) is 1.51. The second kappa shape index (κ2) is 4.29. The van der Waals surface area contributed by atoms with Crippen molar-refractivity contribution in [2.24, 2.45) is 0 Å². The van der Waals surface area contributed by atoms with Crippen molar-refractivity contribution in [1.29, 1.82) is 0 Å². The van der Waals surface area contributed by atoms with Gasteiger partial charge in [0.25, 0.3) is 0 Å². The lowest BCUT2D eigenvalue weighted by atomic mass is 10.2. The molecule has 0 amide bonds. The van der Waals surface area contributed by atoms with E-state index in [1.54, 1.807) is 6.07 Å². The van der Waals surface area contributed by atoms with Crippen molar-refractivity contribution < 1.29 is 5.11 Å². The Balaban J connectivity index is 2.62. The first-order valence-electron chi connectivity index (χ1n) is 3.69. The molecule has 0 saturated heterocycles. The molecule has 1 aromatic carbocycles. The molecule has 0 aliphatic carbocycles. The van der Waals surface area contributed by atoms with Crippen molar-refractivity contribution in [2.45, 2.75) is 12.7 Å². The minimum absolute atomic E-state index is 0.411. The Bertz CT molecular complexity index is 223. The molecule has 60 valence electrons. The van der Waals surface area contributed by atoms with Crippen LogP contribution >= 0.6 is 11.8 Å². The van der Waals surface area contributed by atoms with E-state index >= 15 is 0 Å². The van der Waals surface area contributed by atoms with E-state index in [-0.39, 0.29) is 0 Å². The molecule has 0 unspecified atom stereocenters. The molecule has 0 bridgehead atoms. The van der Waals surface area contributed by atoms with Crippen LogP contribution in [-0.2, 0) is 5.75 Å². The standard InChI is InChI=1S/C9H12OS/c1-2-11-7-8-5-3-4-6-9(8)10/h3-6,10H,2,7H2,1H3. The fourth-order valence-electron chi connectivity index (χ4n) is 0.845. The van der Waals surface area contributed by atoms with Crippen LogP contribution in [0.25, 0.3) is 0 Å². The van der Waals surface area contributed by atoms with Crippen LogP contribution in [0.5, 0.6) is 5.75 Å². The summed E-state index contributed by atoms with van der Waals surface area (Å²) in [7, 11) is 0. The second-order valence-corrected chi connectivity index (χ2v) is 3.54. The third-order valence-electron chi connectivity index (χ3n) is 1.45. The van der Waals surface area contributed by atoms with Gasteiger partial charge in [0.1, 0.15) is 5.75 Å². The van der Waals surface area contributed by atoms with Gasteiger partial charge in [0, 0.05) is 11.3 Å². The molecule has 0 aromatic heterocycles. The van der Waals surface area contributed by atoms with Gasteiger partial charge < -0.3 is 5.11 Å². The predicted molar refractivity (Wildman–Crippen MR) is 49.9 cm³/mol. The number of rotatable bonds is 3. The normalized spacial score (nSPS) is 9.91. The predicted octanol–water partition coefficient (Wildman–Crippen LogP) is 2.65. The van der Waals surface area contributed by atoms with Gasteiger partial charge in [-0.1, -0.05) is 25.1 Å². The summed E-state index contributed by atoms with van der Waals surface area (Å²) >= 11 is 1.82. The Labute approximate surface area is 71.4 Å². The van der Waals surface area contributed by atoms with E-state index in [2.05, 4.69) is 6.92 Å². The van der Waals surface area contributed by atoms with Crippen molar-refractivity contribution in [3.8, 4) is 5.75 Å². The Kier molecular flexibility index (Phi) is 3.30. The molecule has 0 atom stereocenters. The summed E-state index contributed by atoms with van der Waals surface area (Å²) in [5.41, 5.74) is 1.03. The summed E-state index contributed by atoms with van der Waals surface area (Å²) in [6.07, 6.45) is 0. The Morgan fingerprint density at radius 1 is 1.36 bits per heavy atom. The van der Waals surface area contributed by atoms with E-state index in [1.165, 1.54) is 0 Å². The van der Waals surface area contributed by atoms with Gasteiger partial charge in [-0.3, -0.25) is 0 Å². The van der Waals surface area contributed by atoms with E-state index in [4.69, 9.17) is 0 Å². The van der Waals surface area contributed by atoms with Gasteiger partial charge in [-0.15, -0.1) is 0 Å². The molecule has 11 heavy (non-hydrogen) atoms. The van der Waals surface area contributed by atoms with Gasteiger partial charge >= 0.3 is 0 Å². The molecule has 1 N–H and O–H groups in total. The summed E-state index contributed by atoms with van der Waals surface area (Å²) in [5, 5.41) is 9.32. The summed E-state index contributed by atoms with van der Waals surface area (Å²) in [4.78, 5) is 0. The fraction of sp³-hybridized carbons (Fsp3) is 0.333. The highest BCUT2D eigenvalue weighted by molar-refractivity contribution is 7.98. The highest BCUT2D eigenvalue weighted by Gasteiger charge is 1.96. The minimum atomic E-state index is 0.411.